The van der Waals surface area contributed by atoms with Gasteiger partial charge in [0.05, 0.1) is 5.92 Å². The lowest BCUT2D eigenvalue weighted by molar-refractivity contribution is -0.160. The number of ether oxygens (including phenoxy) is 1. The Morgan fingerprint density at radius 2 is 1.78 bits per heavy atom. The third kappa shape index (κ3) is 4.62. The molecule has 2 heteroatoms. The molecule has 18 heavy (non-hydrogen) atoms. The van der Waals surface area contributed by atoms with E-state index in [4.69, 9.17) is 4.74 Å². The van der Waals surface area contributed by atoms with Crippen molar-refractivity contribution < 1.29 is 9.53 Å². The summed E-state index contributed by atoms with van der Waals surface area (Å²) in [5, 5.41) is 0. The lowest BCUT2D eigenvalue weighted by Crippen LogP contribution is -2.34. The summed E-state index contributed by atoms with van der Waals surface area (Å²) in [6, 6.07) is 0. The summed E-state index contributed by atoms with van der Waals surface area (Å²) in [5.74, 6) is 0.875. The monoisotopic (exact) mass is 254 g/mol. The van der Waals surface area contributed by atoms with Gasteiger partial charge in [-0.1, -0.05) is 41.0 Å². The SMILES string of the molecule is CCCC(C(=O)OC1CCC(C)CC1)C(C)(C)C. The summed E-state index contributed by atoms with van der Waals surface area (Å²) in [4.78, 5) is 12.3. The Labute approximate surface area is 112 Å². The van der Waals surface area contributed by atoms with Gasteiger partial charge in [0.1, 0.15) is 6.10 Å². The van der Waals surface area contributed by atoms with Crippen molar-refractivity contribution in [3.8, 4) is 0 Å². The van der Waals surface area contributed by atoms with Gasteiger partial charge in [-0.3, -0.25) is 4.79 Å². The highest BCUT2D eigenvalue weighted by molar-refractivity contribution is 5.73. The molecule has 0 N–H and O–H groups in total. The second-order valence-electron chi connectivity index (χ2n) is 7.03. The van der Waals surface area contributed by atoms with Crippen LogP contribution in [-0.4, -0.2) is 12.1 Å². The van der Waals surface area contributed by atoms with Crippen molar-refractivity contribution in [2.24, 2.45) is 17.3 Å². The molecule has 1 rings (SSSR count). The quantitative estimate of drug-likeness (QED) is 0.687. The van der Waals surface area contributed by atoms with Gasteiger partial charge >= 0.3 is 5.97 Å². The van der Waals surface area contributed by atoms with Crippen LogP contribution >= 0.6 is 0 Å². The minimum atomic E-state index is 0.00898. The number of esters is 1. The molecule has 0 heterocycles. The molecule has 0 saturated heterocycles. The Morgan fingerprint density at radius 3 is 2.22 bits per heavy atom. The van der Waals surface area contributed by atoms with Crippen molar-refractivity contribution in [2.45, 2.75) is 79.2 Å². The summed E-state index contributed by atoms with van der Waals surface area (Å²) < 4.78 is 5.74. The van der Waals surface area contributed by atoms with Crippen LogP contribution in [0.1, 0.15) is 73.1 Å². The van der Waals surface area contributed by atoms with Gasteiger partial charge in [0.2, 0.25) is 0 Å². The fourth-order valence-corrected chi connectivity index (χ4v) is 2.79. The van der Waals surface area contributed by atoms with Crippen LogP contribution in [0.25, 0.3) is 0 Å². The zero-order chi connectivity index (χ0) is 13.8. The topological polar surface area (TPSA) is 26.3 Å². The Bertz CT molecular complexity index is 257. The maximum atomic E-state index is 12.3. The first kappa shape index (κ1) is 15.5. The summed E-state index contributed by atoms with van der Waals surface area (Å²) in [6.45, 7) is 10.8. The molecule has 1 unspecified atom stereocenters. The highest BCUT2D eigenvalue weighted by Gasteiger charge is 2.33. The molecule has 1 aliphatic carbocycles. The van der Waals surface area contributed by atoms with Crippen molar-refractivity contribution in [1.82, 2.24) is 0 Å². The fourth-order valence-electron chi connectivity index (χ4n) is 2.79. The molecular formula is C16H30O2. The molecule has 1 saturated carbocycles. The smallest absolute Gasteiger partial charge is 0.309 e. The third-order valence-electron chi connectivity index (χ3n) is 4.15. The lowest BCUT2D eigenvalue weighted by atomic mass is 9.78. The molecule has 0 spiro atoms. The van der Waals surface area contributed by atoms with E-state index in [1.165, 1.54) is 12.8 Å². The van der Waals surface area contributed by atoms with E-state index in [9.17, 15) is 4.79 Å². The van der Waals surface area contributed by atoms with Gasteiger partial charge in [-0.15, -0.1) is 0 Å². The van der Waals surface area contributed by atoms with Crippen molar-refractivity contribution in [1.29, 1.82) is 0 Å². The average molecular weight is 254 g/mol. The molecule has 0 radical (unpaired) electrons. The fraction of sp³-hybridized carbons (Fsp3) is 0.938. The normalized spacial score (nSPS) is 26.7. The summed E-state index contributed by atoms with van der Waals surface area (Å²) in [6.07, 6.45) is 6.66. The van der Waals surface area contributed by atoms with E-state index in [1.807, 2.05) is 0 Å². The average Bonchev–Trinajstić information content (AvgIpc) is 2.27. The van der Waals surface area contributed by atoms with Crippen LogP contribution in [0.5, 0.6) is 0 Å². The number of carbonyl (C=O) groups excluding carboxylic acids is 1. The first-order chi connectivity index (χ1) is 8.34. The zero-order valence-electron chi connectivity index (χ0n) is 12.8. The Balaban J connectivity index is 2.51. The molecule has 0 aliphatic heterocycles. The van der Waals surface area contributed by atoms with Crippen LogP contribution < -0.4 is 0 Å². The molecule has 0 aromatic heterocycles. The minimum absolute atomic E-state index is 0.00898. The van der Waals surface area contributed by atoms with E-state index in [-0.39, 0.29) is 23.4 Å². The van der Waals surface area contributed by atoms with E-state index in [1.54, 1.807) is 0 Å². The van der Waals surface area contributed by atoms with Gasteiger partial charge in [-0.25, -0.2) is 0 Å². The lowest BCUT2D eigenvalue weighted by Gasteiger charge is -2.32. The predicted octanol–water partition coefficient (Wildman–Crippen LogP) is 4.57. The second kappa shape index (κ2) is 6.58. The van der Waals surface area contributed by atoms with Gasteiger partial charge in [-0.2, -0.15) is 0 Å². The number of carbonyl (C=O) groups is 1. The van der Waals surface area contributed by atoms with Crippen molar-refractivity contribution in [2.75, 3.05) is 0 Å². The van der Waals surface area contributed by atoms with E-state index in [2.05, 4.69) is 34.6 Å². The molecule has 2 nitrogen and oxygen atoms in total. The summed E-state index contributed by atoms with van der Waals surface area (Å²) in [7, 11) is 0. The van der Waals surface area contributed by atoms with Crippen LogP contribution in [0.3, 0.4) is 0 Å². The van der Waals surface area contributed by atoms with Gasteiger partial charge in [0.15, 0.2) is 0 Å². The highest BCUT2D eigenvalue weighted by Crippen LogP contribution is 2.33. The van der Waals surface area contributed by atoms with Crippen LogP contribution in [0, 0.1) is 17.3 Å². The molecule has 0 bridgehead atoms. The molecule has 106 valence electrons. The highest BCUT2D eigenvalue weighted by atomic mass is 16.5. The minimum Gasteiger partial charge on any atom is -0.462 e. The summed E-state index contributed by atoms with van der Waals surface area (Å²) >= 11 is 0. The van der Waals surface area contributed by atoms with Crippen molar-refractivity contribution in [3.05, 3.63) is 0 Å². The molecule has 0 aromatic carbocycles. The maximum absolute atomic E-state index is 12.3. The van der Waals surface area contributed by atoms with Crippen LogP contribution in [0.15, 0.2) is 0 Å². The van der Waals surface area contributed by atoms with Crippen LogP contribution in [0.4, 0.5) is 0 Å². The largest absolute Gasteiger partial charge is 0.462 e. The second-order valence-corrected chi connectivity index (χ2v) is 7.03. The Morgan fingerprint density at radius 1 is 1.22 bits per heavy atom. The third-order valence-corrected chi connectivity index (χ3v) is 4.15. The van der Waals surface area contributed by atoms with Gasteiger partial charge in [0.25, 0.3) is 0 Å². The Kier molecular flexibility index (Phi) is 5.68. The first-order valence-electron chi connectivity index (χ1n) is 7.55. The van der Waals surface area contributed by atoms with Gasteiger partial charge in [-0.05, 0) is 43.4 Å². The number of hydrogen-bond donors (Lipinski definition) is 0. The standard InChI is InChI=1S/C16H30O2/c1-6-7-14(16(3,4)5)15(17)18-13-10-8-12(2)9-11-13/h12-14H,6-11H2,1-5H3. The van der Waals surface area contributed by atoms with E-state index in [0.717, 1.165) is 31.6 Å². The van der Waals surface area contributed by atoms with Gasteiger partial charge < -0.3 is 4.74 Å². The first-order valence-corrected chi connectivity index (χ1v) is 7.55. The summed E-state index contributed by atoms with van der Waals surface area (Å²) in [5.41, 5.74) is 0.00898. The number of hydrogen-bond acceptors (Lipinski definition) is 2. The predicted molar refractivity (Wildman–Crippen MR) is 75.4 cm³/mol. The molecule has 0 amide bonds. The molecular weight excluding hydrogens is 224 g/mol. The maximum Gasteiger partial charge on any atom is 0.309 e. The van der Waals surface area contributed by atoms with E-state index >= 15 is 0 Å². The van der Waals surface area contributed by atoms with E-state index in [0.29, 0.717) is 0 Å². The molecule has 1 fully saturated rings. The van der Waals surface area contributed by atoms with Gasteiger partial charge in [0, 0.05) is 0 Å². The molecule has 1 aliphatic rings. The Hall–Kier alpha value is -0.530. The molecule has 1 atom stereocenters. The van der Waals surface area contributed by atoms with Crippen molar-refractivity contribution >= 4 is 5.97 Å². The molecule has 0 aromatic rings. The van der Waals surface area contributed by atoms with E-state index < -0.39 is 0 Å². The van der Waals surface area contributed by atoms with Crippen LogP contribution in [-0.2, 0) is 9.53 Å². The van der Waals surface area contributed by atoms with Crippen molar-refractivity contribution in [3.63, 3.8) is 0 Å². The number of rotatable bonds is 4. The van der Waals surface area contributed by atoms with Crippen LogP contribution in [0.2, 0.25) is 0 Å². The zero-order valence-corrected chi connectivity index (χ0v) is 12.8.